The van der Waals surface area contributed by atoms with Crippen LogP contribution in [-0.2, 0) is 16.1 Å². The van der Waals surface area contributed by atoms with Gasteiger partial charge in [-0.2, -0.15) is 0 Å². The fourth-order valence-corrected chi connectivity index (χ4v) is 2.66. The molecule has 0 aliphatic carbocycles. The summed E-state index contributed by atoms with van der Waals surface area (Å²) in [5.41, 5.74) is 1.47. The van der Waals surface area contributed by atoms with Crippen molar-refractivity contribution in [1.82, 2.24) is 10.3 Å². The Morgan fingerprint density at radius 2 is 1.96 bits per heavy atom. The summed E-state index contributed by atoms with van der Waals surface area (Å²) in [7, 11) is 0. The summed E-state index contributed by atoms with van der Waals surface area (Å²) in [4.78, 5) is 29.8. The van der Waals surface area contributed by atoms with Crippen LogP contribution in [0.2, 0.25) is 0 Å². The third kappa shape index (κ3) is 4.50. The van der Waals surface area contributed by atoms with Gasteiger partial charge >= 0.3 is 0 Å². The molecule has 2 amide bonds. The van der Waals surface area contributed by atoms with Crippen LogP contribution in [-0.4, -0.2) is 36.6 Å². The number of rotatable bonds is 6. The van der Waals surface area contributed by atoms with E-state index >= 15 is 0 Å². The monoisotopic (exact) mass is 355 g/mol. The van der Waals surface area contributed by atoms with E-state index in [9.17, 15) is 9.59 Å². The molecule has 1 aromatic heterocycles. The van der Waals surface area contributed by atoms with Gasteiger partial charge in [-0.05, 0) is 24.3 Å². The smallest absolute Gasteiger partial charge is 0.223 e. The van der Waals surface area contributed by atoms with E-state index < -0.39 is 0 Å². The molecule has 0 saturated heterocycles. The average molecular weight is 355 g/mol. The minimum absolute atomic E-state index is 0.139. The molecule has 1 N–H and O–H groups in total. The number of carbonyl (C=O) groups is 2. The molecule has 1 aliphatic rings. The molecule has 0 unspecified atom stereocenters. The van der Waals surface area contributed by atoms with Crippen LogP contribution in [0.15, 0.2) is 42.6 Å². The van der Waals surface area contributed by atoms with E-state index in [4.69, 9.17) is 9.47 Å². The number of amides is 2. The fourth-order valence-electron chi connectivity index (χ4n) is 2.66. The molecule has 7 nitrogen and oxygen atoms in total. The first-order valence-corrected chi connectivity index (χ1v) is 8.48. The minimum Gasteiger partial charge on any atom is -0.486 e. The van der Waals surface area contributed by atoms with E-state index in [0.717, 1.165) is 5.69 Å². The summed E-state index contributed by atoms with van der Waals surface area (Å²) >= 11 is 0. The van der Waals surface area contributed by atoms with Crippen molar-refractivity contribution in [3.05, 3.63) is 48.3 Å². The molecule has 1 aromatic carbocycles. The van der Waals surface area contributed by atoms with Crippen molar-refractivity contribution >= 4 is 17.5 Å². The van der Waals surface area contributed by atoms with Crippen LogP contribution in [0.4, 0.5) is 5.69 Å². The zero-order chi connectivity index (χ0) is 18.4. The number of benzene rings is 1. The second kappa shape index (κ2) is 8.33. The van der Waals surface area contributed by atoms with Crippen LogP contribution in [0.5, 0.6) is 11.5 Å². The van der Waals surface area contributed by atoms with Crippen LogP contribution in [0, 0.1) is 0 Å². The maximum atomic E-state index is 12.1. The number of hydrogen-bond donors (Lipinski definition) is 1. The van der Waals surface area contributed by atoms with Crippen LogP contribution >= 0.6 is 0 Å². The van der Waals surface area contributed by atoms with E-state index in [1.165, 1.54) is 6.92 Å². The average Bonchev–Trinajstić information content (AvgIpc) is 2.67. The van der Waals surface area contributed by atoms with Crippen molar-refractivity contribution in [3.8, 4) is 11.5 Å². The van der Waals surface area contributed by atoms with Crippen molar-refractivity contribution in [2.45, 2.75) is 19.9 Å². The summed E-state index contributed by atoms with van der Waals surface area (Å²) in [6, 6.07) is 10.9. The molecule has 0 spiro atoms. The molecule has 136 valence electrons. The number of ether oxygens (including phenoxy) is 2. The minimum atomic E-state index is -0.140. The Bertz CT molecular complexity index is 780. The summed E-state index contributed by atoms with van der Waals surface area (Å²) in [5.74, 6) is 0.995. The predicted octanol–water partition coefficient (Wildman–Crippen LogP) is 1.91. The molecule has 0 saturated carbocycles. The topological polar surface area (TPSA) is 80.8 Å². The van der Waals surface area contributed by atoms with Crippen LogP contribution in [0.25, 0.3) is 0 Å². The van der Waals surface area contributed by atoms with Gasteiger partial charge in [-0.15, -0.1) is 0 Å². The zero-order valence-electron chi connectivity index (χ0n) is 14.6. The van der Waals surface area contributed by atoms with Gasteiger partial charge in [0.1, 0.15) is 13.2 Å². The standard InChI is InChI=1S/C19H21N3O4/c1-14(23)22(16-5-6-17-18(12-16)26-11-10-25-17)9-7-19(24)21-13-15-4-2-3-8-20-15/h2-6,8,12H,7,9-11,13H2,1H3,(H,21,24). The van der Waals surface area contributed by atoms with Crippen molar-refractivity contribution in [2.24, 2.45) is 0 Å². The summed E-state index contributed by atoms with van der Waals surface area (Å²) in [5, 5.41) is 2.81. The lowest BCUT2D eigenvalue weighted by atomic mass is 10.2. The maximum Gasteiger partial charge on any atom is 0.223 e. The summed E-state index contributed by atoms with van der Waals surface area (Å²) in [6.07, 6.45) is 1.88. The molecule has 0 atom stereocenters. The van der Waals surface area contributed by atoms with Crippen molar-refractivity contribution in [2.75, 3.05) is 24.7 Å². The Hall–Kier alpha value is -3.09. The molecule has 0 bridgehead atoms. The lowest BCUT2D eigenvalue weighted by Gasteiger charge is -2.24. The number of nitrogens with zero attached hydrogens (tertiary/aromatic N) is 2. The highest BCUT2D eigenvalue weighted by Crippen LogP contribution is 2.34. The molecule has 2 aromatic rings. The Morgan fingerprint density at radius 1 is 1.15 bits per heavy atom. The summed E-state index contributed by atoms with van der Waals surface area (Å²) in [6.45, 7) is 3.11. The first kappa shape index (κ1) is 17.7. The van der Waals surface area contributed by atoms with E-state index in [1.54, 1.807) is 29.3 Å². The van der Waals surface area contributed by atoms with Gasteiger partial charge in [0.25, 0.3) is 0 Å². The Kier molecular flexibility index (Phi) is 5.68. The number of carbonyl (C=O) groups excluding carboxylic acids is 2. The quantitative estimate of drug-likeness (QED) is 0.856. The molecule has 3 rings (SSSR count). The van der Waals surface area contributed by atoms with Crippen LogP contribution < -0.4 is 19.7 Å². The Labute approximate surface area is 151 Å². The molecule has 1 aliphatic heterocycles. The normalized spacial score (nSPS) is 12.3. The Balaban J connectivity index is 1.58. The largest absolute Gasteiger partial charge is 0.486 e. The molecule has 2 heterocycles. The third-order valence-electron chi connectivity index (χ3n) is 3.97. The lowest BCUT2D eigenvalue weighted by Crippen LogP contribution is -2.34. The molecule has 0 radical (unpaired) electrons. The van der Waals surface area contributed by atoms with Gasteiger partial charge in [0, 0.05) is 37.8 Å². The first-order valence-electron chi connectivity index (χ1n) is 8.48. The number of aromatic nitrogens is 1. The predicted molar refractivity (Wildman–Crippen MR) is 96.2 cm³/mol. The van der Waals surface area contributed by atoms with Gasteiger partial charge in [-0.3, -0.25) is 14.6 Å². The second-order valence-electron chi connectivity index (χ2n) is 5.85. The molecule has 7 heteroatoms. The maximum absolute atomic E-state index is 12.1. The highest BCUT2D eigenvalue weighted by molar-refractivity contribution is 5.92. The summed E-state index contributed by atoms with van der Waals surface area (Å²) < 4.78 is 11.1. The molecular weight excluding hydrogens is 334 g/mol. The molecule has 26 heavy (non-hydrogen) atoms. The van der Waals surface area contributed by atoms with Gasteiger partial charge in [-0.1, -0.05) is 6.07 Å². The van der Waals surface area contributed by atoms with Gasteiger partial charge in [0.2, 0.25) is 11.8 Å². The number of fused-ring (bicyclic) bond motifs is 1. The number of anilines is 1. The van der Waals surface area contributed by atoms with E-state index in [-0.39, 0.29) is 24.8 Å². The third-order valence-corrected chi connectivity index (χ3v) is 3.97. The highest BCUT2D eigenvalue weighted by Gasteiger charge is 2.18. The van der Waals surface area contributed by atoms with E-state index in [1.807, 2.05) is 18.2 Å². The van der Waals surface area contributed by atoms with Gasteiger partial charge in [-0.25, -0.2) is 0 Å². The van der Waals surface area contributed by atoms with E-state index in [0.29, 0.717) is 36.9 Å². The number of nitrogens with one attached hydrogen (secondary N) is 1. The van der Waals surface area contributed by atoms with Crippen molar-refractivity contribution in [1.29, 1.82) is 0 Å². The molecule has 0 fully saturated rings. The van der Waals surface area contributed by atoms with Gasteiger partial charge in [0.05, 0.1) is 12.2 Å². The lowest BCUT2D eigenvalue weighted by molar-refractivity contribution is -0.121. The molecular formula is C19H21N3O4. The van der Waals surface area contributed by atoms with Gasteiger partial charge < -0.3 is 19.7 Å². The van der Waals surface area contributed by atoms with Crippen molar-refractivity contribution in [3.63, 3.8) is 0 Å². The first-order chi connectivity index (χ1) is 12.6. The van der Waals surface area contributed by atoms with Crippen LogP contribution in [0.3, 0.4) is 0 Å². The van der Waals surface area contributed by atoms with Gasteiger partial charge in [0.15, 0.2) is 11.5 Å². The number of pyridine rings is 1. The number of hydrogen-bond acceptors (Lipinski definition) is 5. The zero-order valence-corrected chi connectivity index (χ0v) is 14.6. The highest BCUT2D eigenvalue weighted by atomic mass is 16.6. The fraction of sp³-hybridized carbons (Fsp3) is 0.316. The second-order valence-corrected chi connectivity index (χ2v) is 5.85. The van der Waals surface area contributed by atoms with Crippen molar-refractivity contribution < 1.29 is 19.1 Å². The van der Waals surface area contributed by atoms with Crippen LogP contribution in [0.1, 0.15) is 19.0 Å². The Morgan fingerprint density at radius 3 is 2.69 bits per heavy atom. The SMILES string of the molecule is CC(=O)N(CCC(=O)NCc1ccccn1)c1ccc2c(c1)OCCO2. The van der Waals surface area contributed by atoms with E-state index in [2.05, 4.69) is 10.3 Å².